The van der Waals surface area contributed by atoms with Crippen molar-refractivity contribution >= 4 is 9.84 Å². The van der Waals surface area contributed by atoms with Crippen LogP contribution in [-0.4, -0.2) is 26.5 Å². The molecule has 0 N–H and O–H groups in total. The van der Waals surface area contributed by atoms with Crippen molar-refractivity contribution < 1.29 is 13.2 Å². The fraction of sp³-hybridized carbons (Fsp3) is 0.625. The normalized spacial score (nSPS) is 26.4. The SMILES string of the molecule is CC1(C)Cc2ccc(OCC3CCS(=O)(=O)C3)cc2C1. The van der Waals surface area contributed by atoms with Crippen LogP contribution in [0.15, 0.2) is 18.2 Å². The fourth-order valence-electron chi connectivity index (χ4n) is 3.34. The van der Waals surface area contributed by atoms with Gasteiger partial charge in [-0.15, -0.1) is 0 Å². The molecule has 0 saturated carbocycles. The van der Waals surface area contributed by atoms with E-state index in [0.29, 0.717) is 17.8 Å². The molecule has 2 aliphatic rings. The Bertz CT molecular complexity index is 617. The summed E-state index contributed by atoms with van der Waals surface area (Å²) in [5, 5.41) is 0. The van der Waals surface area contributed by atoms with Crippen molar-refractivity contribution in [2.75, 3.05) is 18.1 Å². The lowest BCUT2D eigenvalue weighted by atomic mass is 9.90. The topological polar surface area (TPSA) is 43.4 Å². The van der Waals surface area contributed by atoms with Gasteiger partial charge in [0.15, 0.2) is 9.84 Å². The summed E-state index contributed by atoms with van der Waals surface area (Å²) < 4.78 is 28.7. The summed E-state index contributed by atoms with van der Waals surface area (Å²) >= 11 is 0. The highest BCUT2D eigenvalue weighted by Gasteiger charge is 2.30. The van der Waals surface area contributed by atoms with E-state index in [4.69, 9.17) is 4.74 Å². The third kappa shape index (κ3) is 3.00. The maximum absolute atomic E-state index is 11.4. The second-order valence-corrected chi connectivity index (χ2v) is 9.26. The third-order valence-electron chi connectivity index (χ3n) is 4.33. The number of ether oxygens (including phenoxy) is 1. The number of fused-ring (bicyclic) bond motifs is 1. The lowest BCUT2D eigenvalue weighted by molar-refractivity contribution is 0.263. The Morgan fingerprint density at radius 1 is 1.25 bits per heavy atom. The van der Waals surface area contributed by atoms with Crippen LogP contribution in [-0.2, 0) is 22.7 Å². The zero-order valence-corrected chi connectivity index (χ0v) is 13.0. The van der Waals surface area contributed by atoms with E-state index in [1.807, 2.05) is 6.07 Å². The molecule has 20 heavy (non-hydrogen) atoms. The molecular formula is C16H22O3S. The maximum atomic E-state index is 11.4. The van der Waals surface area contributed by atoms with E-state index in [-0.39, 0.29) is 11.7 Å². The first kappa shape index (κ1) is 13.9. The van der Waals surface area contributed by atoms with Gasteiger partial charge in [0.1, 0.15) is 5.75 Å². The lowest BCUT2D eigenvalue weighted by Crippen LogP contribution is -2.13. The van der Waals surface area contributed by atoms with Gasteiger partial charge in [0.2, 0.25) is 0 Å². The molecule has 1 aliphatic carbocycles. The molecule has 4 heteroatoms. The van der Waals surface area contributed by atoms with Gasteiger partial charge in [-0.25, -0.2) is 8.42 Å². The van der Waals surface area contributed by atoms with Crippen LogP contribution < -0.4 is 4.74 Å². The predicted molar refractivity (Wildman–Crippen MR) is 79.9 cm³/mol. The molecule has 1 aromatic rings. The van der Waals surface area contributed by atoms with Gasteiger partial charge >= 0.3 is 0 Å². The third-order valence-corrected chi connectivity index (χ3v) is 6.17. The smallest absolute Gasteiger partial charge is 0.150 e. The van der Waals surface area contributed by atoms with E-state index < -0.39 is 9.84 Å². The monoisotopic (exact) mass is 294 g/mol. The van der Waals surface area contributed by atoms with Crippen molar-refractivity contribution in [1.29, 1.82) is 0 Å². The first-order valence-corrected chi connectivity index (χ1v) is 9.10. The Balaban J connectivity index is 1.63. The Labute approximate surface area is 121 Å². The predicted octanol–water partition coefficient (Wildman–Crippen LogP) is 2.62. The van der Waals surface area contributed by atoms with Gasteiger partial charge in [-0.2, -0.15) is 0 Å². The Hall–Kier alpha value is -1.03. The van der Waals surface area contributed by atoms with Crippen LogP contribution in [0.2, 0.25) is 0 Å². The van der Waals surface area contributed by atoms with Crippen LogP contribution in [0.3, 0.4) is 0 Å². The molecule has 1 saturated heterocycles. The first-order chi connectivity index (χ1) is 9.33. The van der Waals surface area contributed by atoms with Gasteiger partial charge in [-0.05, 0) is 47.9 Å². The summed E-state index contributed by atoms with van der Waals surface area (Å²) in [4.78, 5) is 0. The zero-order valence-electron chi connectivity index (χ0n) is 12.2. The van der Waals surface area contributed by atoms with E-state index >= 15 is 0 Å². The van der Waals surface area contributed by atoms with Crippen molar-refractivity contribution in [3.05, 3.63) is 29.3 Å². The molecule has 0 bridgehead atoms. The minimum Gasteiger partial charge on any atom is -0.493 e. The molecule has 0 spiro atoms. The highest BCUT2D eigenvalue weighted by molar-refractivity contribution is 7.91. The number of hydrogen-bond donors (Lipinski definition) is 0. The van der Waals surface area contributed by atoms with Crippen molar-refractivity contribution in [1.82, 2.24) is 0 Å². The average molecular weight is 294 g/mol. The van der Waals surface area contributed by atoms with Crippen LogP contribution in [0, 0.1) is 11.3 Å². The molecule has 110 valence electrons. The fourth-order valence-corrected chi connectivity index (χ4v) is 5.18. The summed E-state index contributed by atoms with van der Waals surface area (Å²) in [6.45, 7) is 5.09. The largest absolute Gasteiger partial charge is 0.493 e. The van der Waals surface area contributed by atoms with Crippen molar-refractivity contribution in [3.8, 4) is 5.75 Å². The average Bonchev–Trinajstić information content (AvgIpc) is 2.83. The summed E-state index contributed by atoms with van der Waals surface area (Å²) in [7, 11) is -2.80. The van der Waals surface area contributed by atoms with Gasteiger partial charge in [-0.3, -0.25) is 0 Å². The van der Waals surface area contributed by atoms with Gasteiger partial charge in [0.25, 0.3) is 0 Å². The molecule has 1 atom stereocenters. The molecular weight excluding hydrogens is 272 g/mol. The Morgan fingerprint density at radius 2 is 2.00 bits per heavy atom. The molecule has 3 nitrogen and oxygen atoms in total. The van der Waals surface area contributed by atoms with E-state index in [0.717, 1.165) is 25.0 Å². The van der Waals surface area contributed by atoms with Crippen LogP contribution >= 0.6 is 0 Å². The summed E-state index contributed by atoms with van der Waals surface area (Å²) in [5.41, 5.74) is 3.15. The molecule has 1 aromatic carbocycles. The van der Waals surface area contributed by atoms with E-state index in [9.17, 15) is 8.42 Å². The maximum Gasteiger partial charge on any atom is 0.150 e. The van der Waals surface area contributed by atoms with E-state index in [1.165, 1.54) is 11.1 Å². The van der Waals surface area contributed by atoms with E-state index in [1.54, 1.807) is 0 Å². The summed E-state index contributed by atoms with van der Waals surface area (Å²) in [6.07, 6.45) is 2.96. The zero-order chi connectivity index (χ0) is 14.4. The molecule has 0 aromatic heterocycles. The number of hydrogen-bond acceptors (Lipinski definition) is 3. The second-order valence-electron chi connectivity index (χ2n) is 7.03. The van der Waals surface area contributed by atoms with Crippen LogP contribution in [0.1, 0.15) is 31.4 Å². The molecule has 3 rings (SSSR count). The van der Waals surface area contributed by atoms with Gasteiger partial charge in [-0.1, -0.05) is 19.9 Å². The lowest BCUT2D eigenvalue weighted by Gasteiger charge is -2.14. The Morgan fingerprint density at radius 3 is 2.70 bits per heavy atom. The number of sulfone groups is 1. The van der Waals surface area contributed by atoms with Gasteiger partial charge in [0.05, 0.1) is 18.1 Å². The van der Waals surface area contributed by atoms with E-state index in [2.05, 4.69) is 26.0 Å². The summed E-state index contributed by atoms with van der Waals surface area (Å²) in [6, 6.07) is 6.31. The van der Waals surface area contributed by atoms with Crippen molar-refractivity contribution in [2.24, 2.45) is 11.3 Å². The highest BCUT2D eigenvalue weighted by atomic mass is 32.2. The quantitative estimate of drug-likeness (QED) is 0.860. The van der Waals surface area contributed by atoms with Crippen molar-refractivity contribution in [3.63, 3.8) is 0 Å². The number of benzene rings is 1. The minimum atomic E-state index is -2.80. The van der Waals surface area contributed by atoms with Crippen LogP contribution in [0.4, 0.5) is 0 Å². The molecule has 1 aliphatic heterocycles. The van der Waals surface area contributed by atoms with Crippen molar-refractivity contribution in [2.45, 2.75) is 33.1 Å². The molecule has 1 heterocycles. The standard InChI is InChI=1S/C16H22O3S/c1-16(2)8-13-3-4-15(7-14(13)9-16)19-10-12-5-6-20(17,18)11-12/h3-4,7,12H,5-6,8-11H2,1-2H3. The Kier molecular flexibility index (Phi) is 3.32. The number of rotatable bonds is 3. The molecule has 0 amide bonds. The van der Waals surface area contributed by atoms with Gasteiger partial charge in [0, 0.05) is 5.92 Å². The first-order valence-electron chi connectivity index (χ1n) is 7.28. The minimum absolute atomic E-state index is 0.157. The summed E-state index contributed by atoms with van der Waals surface area (Å²) in [5.74, 6) is 1.64. The molecule has 1 fully saturated rings. The van der Waals surface area contributed by atoms with Crippen LogP contribution in [0.5, 0.6) is 5.75 Å². The molecule has 1 unspecified atom stereocenters. The molecule has 0 radical (unpaired) electrons. The van der Waals surface area contributed by atoms with Crippen LogP contribution in [0.25, 0.3) is 0 Å². The second kappa shape index (κ2) is 4.76. The highest BCUT2D eigenvalue weighted by Crippen LogP contribution is 2.37. The van der Waals surface area contributed by atoms with Gasteiger partial charge < -0.3 is 4.74 Å².